The summed E-state index contributed by atoms with van der Waals surface area (Å²) in [5, 5.41) is 9.45. The molecule has 2 heteroatoms. The molecule has 0 aromatic carbocycles. The van der Waals surface area contributed by atoms with E-state index in [4.69, 9.17) is 4.74 Å². The Kier molecular flexibility index (Phi) is 3.41. The highest BCUT2D eigenvalue weighted by Gasteiger charge is 2.22. The van der Waals surface area contributed by atoms with Crippen LogP contribution in [0.5, 0.6) is 0 Å². The van der Waals surface area contributed by atoms with Gasteiger partial charge in [-0.3, -0.25) is 0 Å². The maximum atomic E-state index is 9.45. The van der Waals surface area contributed by atoms with Crippen LogP contribution in [-0.2, 0) is 4.74 Å². The van der Waals surface area contributed by atoms with Gasteiger partial charge in [0.1, 0.15) is 0 Å². The molecule has 1 saturated heterocycles. The topological polar surface area (TPSA) is 29.5 Å². The molecule has 2 nitrogen and oxygen atoms in total. The first-order chi connectivity index (χ1) is 5.34. The van der Waals surface area contributed by atoms with Crippen molar-refractivity contribution in [2.75, 3.05) is 13.2 Å². The zero-order valence-electron chi connectivity index (χ0n) is 6.84. The first-order valence-corrected chi connectivity index (χ1v) is 4.00. The van der Waals surface area contributed by atoms with E-state index in [1.54, 1.807) is 0 Å². The second-order valence-corrected chi connectivity index (χ2v) is 2.82. The van der Waals surface area contributed by atoms with Crippen molar-refractivity contribution >= 4 is 0 Å². The monoisotopic (exact) mass is 154 g/mol. The first-order valence-electron chi connectivity index (χ1n) is 4.00. The van der Waals surface area contributed by atoms with Crippen LogP contribution in [0.4, 0.5) is 0 Å². The van der Waals surface area contributed by atoms with Crippen LogP contribution in [0.25, 0.3) is 0 Å². The molecule has 1 N–H and O–H groups in total. The Labute approximate surface area is 67.6 Å². The van der Waals surface area contributed by atoms with Crippen LogP contribution in [0.2, 0.25) is 0 Å². The zero-order valence-corrected chi connectivity index (χ0v) is 6.84. The summed E-state index contributed by atoms with van der Waals surface area (Å²) in [6.45, 7) is 3.17. The summed E-state index contributed by atoms with van der Waals surface area (Å²) in [5.74, 6) is 6.01. The van der Waals surface area contributed by atoms with Gasteiger partial charge in [-0.05, 0) is 13.3 Å². The van der Waals surface area contributed by atoms with Gasteiger partial charge in [0.15, 0.2) is 0 Å². The summed E-state index contributed by atoms with van der Waals surface area (Å²) < 4.78 is 5.22. The molecule has 0 aliphatic carbocycles. The van der Waals surface area contributed by atoms with Gasteiger partial charge >= 0.3 is 0 Å². The van der Waals surface area contributed by atoms with E-state index in [9.17, 15) is 5.11 Å². The van der Waals surface area contributed by atoms with E-state index in [0.717, 1.165) is 12.8 Å². The van der Waals surface area contributed by atoms with Crippen molar-refractivity contribution in [2.24, 2.45) is 5.92 Å². The number of aliphatic hydroxyl groups is 1. The maximum Gasteiger partial charge on any atom is 0.0621 e. The smallest absolute Gasteiger partial charge is 0.0621 e. The molecule has 0 radical (unpaired) electrons. The molecule has 0 bridgehead atoms. The van der Waals surface area contributed by atoms with Crippen LogP contribution in [0.15, 0.2) is 0 Å². The second kappa shape index (κ2) is 4.38. The van der Waals surface area contributed by atoms with Crippen LogP contribution >= 0.6 is 0 Å². The summed E-state index contributed by atoms with van der Waals surface area (Å²) in [5.41, 5.74) is 0. The van der Waals surface area contributed by atoms with Crippen LogP contribution in [-0.4, -0.2) is 24.4 Å². The van der Waals surface area contributed by atoms with E-state index >= 15 is 0 Å². The standard InChI is InChI=1S/C9H14O2/c1-2-3-4-8-7-11-6-5-9(8)10/h8-10H,4-7H2,1H3. The molecule has 1 fully saturated rings. The average Bonchev–Trinajstić information content (AvgIpc) is 2.03. The van der Waals surface area contributed by atoms with Crippen molar-refractivity contribution in [3.8, 4) is 11.8 Å². The zero-order chi connectivity index (χ0) is 8.10. The largest absolute Gasteiger partial charge is 0.393 e. The average molecular weight is 154 g/mol. The summed E-state index contributed by atoms with van der Waals surface area (Å²) in [6.07, 6.45) is 1.32. The predicted octanol–water partition coefficient (Wildman–Crippen LogP) is 0.797. The lowest BCUT2D eigenvalue weighted by molar-refractivity contribution is -0.0333. The molecule has 0 aromatic rings. The van der Waals surface area contributed by atoms with E-state index in [2.05, 4.69) is 11.8 Å². The summed E-state index contributed by atoms with van der Waals surface area (Å²) >= 11 is 0. The van der Waals surface area contributed by atoms with Gasteiger partial charge in [-0.2, -0.15) is 0 Å². The van der Waals surface area contributed by atoms with E-state index in [-0.39, 0.29) is 12.0 Å². The molecular weight excluding hydrogens is 140 g/mol. The summed E-state index contributed by atoms with van der Waals surface area (Å²) in [4.78, 5) is 0. The van der Waals surface area contributed by atoms with Gasteiger partial charge in [-0.1, -0.05) is 0 Å². The fraction of sp³-hybridized carbons (Fsp3) is 0.778. The maximum absolute atomic E-state index is 9.45. The first kappa shape index (κ1) is 8.58. The lowest BCUT2D eigenvalue weighted by atomic mass is 9.96. The van der Waals surface area contributed by atoms with Gasteiger partial charge in [-0.25, -0.2) is 0 Å². The third kappa shape index (κ3) is 2.53. The Hall–Kier alpha value is -0.520. The molecule has 62 valence electrons. The van der Waals surface area contributed by atoms with Gasteiger partial charge in [0.2, 0.25) is 0 Å². The molecule has 1 heterocycles. The fourth-order valence-corrected chi connectivity index (χ4v) is 1.21. The van der Waals surface area contributed by atoms with Crippen molar-refractivity contribution < 1.29 is 9.84 Å². The molecule has 0 saturated carbocycles. The molecule has 2 unspecified atom stereocenters. The van der Waals surface area contributed by atoms with Crippen LogP contribution in [0, 0.1) is 17.8 Å². The van der Waals surface area contributed by atoms with Crippen molar-refractivity contribution in [1.82, 2.24) is 0 Å². The highest BCUT2D eigenvalue weighted by atomic mass is 16.5. The van der Waals surface area contributed by atoms with E-state index < -0.39 is 0 Å². The molecule has 1 aliphatic heterocycles. The van der Waals surface area contributed by atoms with Gasteiger partial charge < -0.3 is 9.84 Å². The minimum atomic E-state index is -0.204. The van der Waals surface area contributed by atoms with Crippen molar-refractivity contribution in [3.63, 3.8) is 0 Å². The Bertz CT molecular complexity index is 166. The lowest BCUT2D eigenvalue weighted by Crippen LogP contribution is -2.31. The van der Waals surface area contributed by atoms with Crippen molar-refractivity contribution in [1.29, 1.82) is 0 Å². The summed E-state index contributed by atoms with van der Waals surface area (Å²) in [6, 6.07) is 0. The Morgan fingerprint density at radius 2 is 2.45 bits per heavy atom. The minimum Gasteiger partial charge on any atom is -0.393 e. The van der Waals surface area contributed by atoms with E-state index in [1.165, 1.54) is 0 Å². The molecule has 0 amide bonds. The van der Waals surface area contributed by atoms with Crippen LogP contribution in [0.1, 0.15) is 19.8 Å². The molecular formula is C9H14O2. The van der Waals surface area contributed by atoms with Crippen LogP contribution < -0.4 is 0 Å². The van der Waals surface area contributed by atoms with Gasteiger partial charge in [0, 0.05) is 18.9 Å². The highest BCUT2D eigenvalue weighted by Crippen LogP contribution is 2.17. The predicted molar refractivity (Wildman–Crippen MR) is 43.0 cm³/mol. The van der Waals surface area contributed by atoms with Gasteiger partial charge in [0.05, 0.1) is 12.7 Å². The number of aliphatic hydroxyl groups excluding tert-OH is 1. The molecule has 0 spiro atoms. The third-order valence-electron chi connectivity index (χ3n) is 1.98. The number of hydrogen-bond donors (Lipinski definition) is 1. The molecule has 1 rings (SSSR count). The summed E-state index contributed by atoms with van der Waals surface area (Å²) in [7, 11) is 0. The fourth-order valence-electron chi connectivity index (χ4n) is 1.21. The van der Waals surface area contributed by atoms with Gasteiger partial charge in [-0.15, -0.1) is 11.8 Å². The normalized spacial score (nSPS) is 30.7. The molecule has 1 aliphatic rings. The van der Waals surface area contributed by atoms with Crippen LogP contribution in [0.3, 0.4) is 0 Å². The Balaban J connectivity index is 2.33. The molecule has 2 atom stereocenters. The number of ether oxygens (including phenoxy) is 1. The molecule has 11 heavy (non-hydrogen) atoms. The van der Waals surface area contributed by atoms with Gasteiger partial charge in [0.25, 0.3) is 0 Å². The Morgan fingerprint density at radius 3 is 3.09 bits per heavy atom. The van der Waals surface area contributed by atoms with Crippen molar-refractivity contribution in [2.45, 2.75) is 25.9 Å². The Morgan fingerprint density at radius 1 is 1.64 bits per heavy atom. The lowest BCUT2D eigenvalue weighted by Gasteiger charge is -2.25. The quantitative estimate of drug-likeness (QED) is 0.566. The minimum absolute atomic E-state index is 0.204. The third-order valence-corrected chi connectivity index (χ3v) is 1.98. The van der Waals surface area contributed by atoms with Crippen molar-refractivity contribution in [3.05, 3.63) is 0 Å². The SMILES string of the molecule is CC#CCC1COCCC1O. The number of hydrogen-bond acceptors (Lipinski definition) is 2. The second-order valence-electron chi connectivity index (χ2n) is 2.82. The number of rotatable bonds is 1. The molecule has 0 aromatic heterocycles. The highest BCUT2D eigenvalue weighted by molar-refractivity contribution is 4.97. The van der Waals surface area contributed by atoms with E-state index in [0.29, 0.717) is 13.2 Å². The van der Waals surface area contributed by atoms with E-state index in [1.807, 2.05) is 6.92 Å².